The first kappa shape index (κ1) is 16.0. The highest BCUT2D eigenvalue weighted by Gasteiger charge is 2.28. The van der Waals surface area contributed by atoms with E-state index in [1.807, 2.05) is 42.9 Å². The Balaban J connectivity index is 1.58. The Morgan fingerprint density at radius 2 is 2.04 bits per heavy atom. The van der Waals surface area contributed by atoms with Crippen LogP contribution in [0.5, 0.6) is 5.75 Å². The smallest absolute Gasteiger partial charge is 0.137 e. The van der Waals surface area contributed by atoms with Gasteiger partial charge in [-0.15, -0.1) is 0 Å². The predicted octanol–water partition coefficient (Wildman–Crippen LogP) is 2.38. The van der Waals surface area contributed by atoms with Gasteiger partial charge in [-0.25, -0.2) is 4.98 Å². The number of aliphatic hydroxyl groups is 1. The fourth-order valence-electron chi connectivity index (χ4n) is 3.39. The molecule has 1 aromatic heterocycles. The van der Waals surface area contributed by atoms with Gasteiger partial charge in [-0.1, -0.05) is 18.2 Å². The van der Waals surface area contributed by atoms with Gasteiger partial charge in [-0.05, 0) is 44.3 Å². The van der Waals surface area contributed by atoms with Crippen LogP contribution in [0.3, 0.4) is 0 Å². The molecule has 0 amide bonds. The zero-order valence-corrected chi connectivity index (χ0v) is 13.8. The maximum atomic E-state index is 10.5. The number of nitrogens with zero attached hydrogens (tertiary/aromatic N) is 3. The van der Waals surface area contributed by atoms with Crippen molar-refractivity contribution in [2.24, 2.45) is 13.0 Å². The van der Waals surface area contributed by atoms with E-state index in [1.165, 1.54) is 0 Å². The molecule has 1 saturated heterocycles. The topological polar surface area (TPSA) is 61.5 Å². The van der Waals surface area contributed by atoms with Crippen molar-refractivity contribution in [2.75, 3.05) is 13.1 Å². The molecule has 3 rings (SSSR count). The maximum Gasteiger partial charge on any atom is 0.137 e. The number of likely N-dealkylation sites (tertiary alicyclic amines) is 1. The number of hydrogen-bond acceptors (Lipinski definition) is 4. The van der Waals surface area contributed by atoms with E-state index in [1.54, 1.807) is 6.20 Å². The third-order valence-electron chi connectivity index (χ3n) is 4.92. The maximum absolute atomic E-state index is 10.5. The van der Waals surface area contributed by atoms with E-state index in [0.717, 1.165) is 49.4 Å². The van der Waals surface area contributed by atoms with E-state index in [9.17, 15) is 10.2 Å². The van der Waals surface area contributed by atoms with Gasteiger partial charge < -0.3 is 14.8 Å². The Morgan fingerprint density at radius 3 is 2.70 bits per heavy atom. The molecule has 23 heavy (non-hydrogen) atoms. The van der Waals surface area contributed by atoms with Gasteiger partial charge in [0.2, 0.25) is 0 Å². The van der Waals surface area contributed by atoms with Gasteiger partial charge in [-0.2, -0.15) is 0 Å². The van der Waals surface area contributed by atoms with E-state index in [4.69, 9.17) is 0 Å². The molecular formula is C18H25N3O2. The van der Waals surface area contributed by atoms with Crippen molar-refractivity contribution in [1.29, 1.82) is 0 Å². The molecule has 1 atom stereocenters. The summed E-state index contributed by atoms with van der Waals surface area (Å²) in [7, 11) is 1.92. The molecule has 5 nitrogen and oxygen atoms in total. The van der Waals surface area contributed by atoms with Crippen LogP contribution in [0.2, 0.25) is 0 Å². The molecule has 0 aliphatic carbocycles. The Labute approximate surface area is 137 Å². The summed E-state index contributed by atoms with van der Waals surface area (Å²) in [6, 6.07) is 5.90. The number of phenols is 1. The van der Waals surface area contributed by atoms with Crippen molar-refractivity contribution in [3.63, 3.8) is 0 Å². The standard InChI is InChI=1S/C18H25N3O2/c1-13-4-3-5-15(16(13)22)12-21-9-6-14(7-10-21)17(23)18-19-8-11-20(18)2/h3-5,8,11,14,17,22-23H,6-7,9-10,12H2,1-2H3. The minimum atomic E-state index is -0.496. The highest BCUT2D eigenvalue weighted by Crippen LogP contribution is 2.31. The molecule has 1 aromatic carbocycles. The van der Waals surface area contributed by atoms with Crippen molar-refractivity contribution in [1.82, 2.24) is 14.5 Å². The van der Waals surface area contributed by atoms with Gasteiger partial charge in [0.1, 0.15) is 17.7 Å². The average molecular weight is 315 g/mol. The molecule has 1 fully saturated rings. The minimum absolute atomic E-state index is 0.249. The number of benzene rings is 1. The Hall–Kier alpha value is -1.85. The number of phenolic OH excluding ortho intramolecular Hbond substituents is 1. The van der Waals surface area contributed by atoms with Crippen LogP contribution in [0.15, 0.2) is 30.6 Å². The van der Waals surface area contributed by atoms with Crippen LogP contribution in [0.25, 0.3) is 0 Å². The van der Waals surface area contributed by atoms with Gasteiger partial charge >= 0.3 is 0 Å². The monoisotopic (exact) mass is 315 g/mol. The van der Waals surface area contributed by atoms with Crippen LogP contribution in [0, 0.1) is 12.8 Å². The number of aromatic hydroxyl groups is 1. The molecule has 0 saturated carbocycles. The van der Waals surface area contributed by atoms with Crippen molar-refractivity contribution in [3.05, 3.63) is 47.5 Å². The Kier molecular flexibility index (Phi) is 4.68. The molecule has 1 aliphatic rings. The largest absolute Gasteiger partial charge is 0.507 e. The fraction of sp³-hybridized carbons (Fsp3) is 0.500. The minimum Gasteiger partial charge on any atom is -0.507 e. The number of hydrogen-bond donors (Lipinski definition) is 2. The third-order valence-corrected chi connectivity index (χ3v) is 4.92. The second-order valence-electron chi connectivity index (χ2n) is 6.54. The molecule has 2 aromatic rings. The average Bonchev–Trinajstić information content (AvgIpc) is 2.98. The molecule has 0 bridgehead atoms. The Bertz CT molecular complexity index is 660. The normalized spacial score (nSPS) is 18.2. The summed E-state index contributed by atoms with van der Waals surface area (Å²) in [5.74, 6) is 1.40. The molecule has 5 heteroatoms. The molecule has 1 unspecified atom stereocenters. The molecular weight excluding hydrogens is 290 g/mol. The van der Waals surface area contributed by atoms with E-state index in [-0.39, 0.29) is 5.92 Å². The van der Waals surface area contributed by atoms with Crippen molar-refractivity contribution in [3.8, 4) is 5.75 Å². The molecule has 124 valence electrons. The predicted molar refractivity (Wildman–Crippen MR) is 89.0 cm³/mol. The van der Waals surface area contributed by atoms with Gasteiger partial charge in [-0.3, -0.25) is 4.90 Å². The van der Waals surface area contributed by atoms with Crippen molar-refractivity contribution < 1.29 is 10.2 Å². The van der Waals surface area contributed by atoms with Crippen LogP contribution in [-0.4, -0.2) is 37.8 Å². The van der Waals surface area contributed by atoms with E-state index >= 15 is 0 Å². The summed E-state index contributed by atoms with van der Waals surface area (Å²) in [6.45, 7) is 4.55. The Morgan fingerprint density at radius 1 is 1.30 bits per heavy atom. The van der Waals surface area contributed by atoms with Crippen LogP contribution in [0.1, 0.15) is 35.9 Å². The van der Waals surface area contributed by atoms with Crippen LogP contribution < -0.4 is 0 Å². The highest BCUT2D eigenvalue weighted by molar-refractivity contribution is 5.39. The second-order valence-corrected chi connectivity index (χ2v) is 6.54. The second kappa shape index (κ2) is 6.72. The quantitative estimate of drug-likeness (QED) is 0.909. The number of para-hydroxylation sites is 1. The summed E-state index contributed by atoms with van der Waals surface area (Å²) in [5, 5.41) is 20.7. The van der Waals surface area contributed by atoms with Gasteiger partial charge in [0.05, 0.1) is 0 Å². The number of rotatable bonds is 4. The van der Waals surface area contributed by atoms with Gasteiger partial charge in [0, 0.05) is 31.5 Å². The molecule has 0 radical (unpaired) electrons. The summed E-state index contributed by atoms with van der Waals surface area (Å²) < 4.78 is 1.89. The number of imidazole rings is 1. The lowest BCUT2D eigenvalue weighted by Gasteiger charge is -2.34. The fourth-order valence-corrected chi connectivity index (χ4v) is 3.39. The number of aliphatic hydroxyl groups excluding tert-OH is 1. The van der Waals surface area contributed by atoms with E-state index in [2.05, 4.69) is 9.88 Å². The number of piperidine rings is 1. The highest BCUT2D eigenvalue weighted by atomic mass is 16.3. The summed E-state index contributed by atoms with van der Waals surface area (Å²) >= 11 is 0. The number of aromatic nitrogens is 2. The summed E-state index contributed by atoms with van der Waals surface area (Å²) in [5.41, 5.74) is 1.90. The first-order valence-electron chi connectivity index (χ1n) is 8.21. The van der Waals surface area contributed by atoms with E-state index < -0.39 is 6.10 Å². The first-order valence-corrected chi connectivity index (χ1v) is 8.21. The zero-order valence-electron chi connectivity index (χ0n) is 13.8. The van der Waals surface area contributed by atoms with Crippen LogP contribution in [0.4, 0.5) is 0 Å². The first-order chi connectivity index (χ1) is 11.1. The molecule has 2 N–H and O–H groups in total. The lowest BCUT2D eigenvalue weighted by molar-refractivity contribution is 0.0490. The van der Waals surface area contributed by atoms with Crippen molar-refractivity contribution in [2.45, 2.75) is 32.4 Å². The summed E-state index contributed by atoms with van der Waals surface area (Å²) in [6.07, 6.45) is 4.99. The summed E-state index contributed by atoms with van der Waals surface area (Å²) in [4.78, 5) is 6.61. The van der Waals surface area contributed by atoms with E-state index in [0.29, 0.717) is 5.75 Å². The van der Waals surface area contributed by atoms with Crippen molar-refractivity contribution >= 4 is 0 Å². The van der Waals surface area contributed by atoms with Crippen LogP contribution in [-0.2, 0) is 13.6 Å². The molecule has 1 aliphatic heterocycles. The lowest BCUT2D eigenvalue weighted by Crippen LogP contribution is -2.35. The molecule has 2 heterocycles. The van der Waals surface area contributed by atoms with Gasteiger partial charge in [0.15, 0.2) is 0 Å². The third kappa shape index (κ3) is 3.41. The number of aryl methyl sites for hydroxylation is 2. The zero-order chi connectivity index (χ0) is 16.4. The lowest BCUT2D eigenvalue weighted by atomic mass is 9.90. The van der Waals surface area contributed by atoms with Crippen LogP contribution >= 0.6 is 0 Å². The van der Waals surface area contributed by atoms with Gasteiger partial charge in [0.25, 0.3) is 0 Å². The molecule has 0 spiro atoms. The SMILES string of the molecule is Cc1cccc(CN2CCC(C(O)c3nccn3C)CC2)c1O.